The lowest BCUT2D eigenvalue weighted by Gasteiger charge is -2.14. The second-order valence-corrected chi connectivity index (χ2v) is 4.12. The Morgan fingerprint density at radius 2 is 2.28 bits per heavy atom. The van der Waals surface area contributed by atoms with Gasteiger partial charge in [0, 0.05) is 19.4 Å². The first-order valence-electron chi connectivity index (χ1n) is 5.72. The molecule has 0 bridgehead atoms. The van der Waals surface area contributed by atoms with Crippen LogP contribution in [0.3, 0.4) is 0 Å². The van der Waals surface area contributed by atoms with Gasteiger partial charge in [0.15, 0.2) is 0 Å². The second kappa shape index (κ2) is 4.98. The molecule has 0 radical (unpaired) electrons. The predicted molar refractivity (Wildman–Crippen MR) is 65.4 cm³/mol. The molecule has 5 heteroatoms. The molecule has 0 saturated carbocycles. The number of nitrogens with two attached hydrogens (primary N) is 1. The first-order chi connectivity index (χ1) is 8.67. The van der Waals surface area contributed by atoms with Crippen molar-refractivity contribution >= 4 is 17.5 Å². The Hall–Kier alpha value is -2.19. The molecule has 0 atom stereocenters. The van der Waals surface area contributed by atoms with E-state index in [4.69, 9.17) is 11.0 Å². The Morgan fingerprint density at radius 3 is 2.94 bits per heavy atom. The van der Waals surface area contributed by atoms with Crippen LogP contribution in [0.4, 0.5) is 5.69 Å². The third kappa shape index (κ3) is 2.11. The number of nitriles is 1. The van der Waals surface area contributed by atoms with E-state index in [0.717, 1.165) is 11.1 Å². The maximum absolute atomic E-state index is 11.9. The minimum absolute atomic E-state index is 0.0698. The predicted octanol–water partition coefficient (Wildman–Crippen LogP) is 0.865. The van der Waals surface area contributed by atoms with Crippen LogP contribution in [-0.4, -0.2) is 11.8 Å². The molecule has 92 valence electrons. The summed E-state index contributed by atoms with van der Waals surface area (Å²) in [7, 11) is 0. The maximum atomic E-state index is 11.9. The zero-order chi connectivity index (χ0) is 13.1. The normalized spacial score (nSPS) is 13.3. The fourth-order valence-electron chi connectivity index (χ4n) is 2.05. The molecule has 18 heavy (non-hydrogen) atoms. The van der Waals surface area contributed by atoms with E-state index in [-0.39, 0.29) is 31.1 Å². The Balaban J connectivity index is 2.28. The maximum Gasteiger partial charge on any atom is 0.238 e. The van der Waals surface area contributed by atoms with Crippen molar-refractivity contribution in [2.24, 2.45) is 5.73 Å². The molecule has 2 N–H and O–H groups in total. The molecule has 2 amide bonds. The van der Waals surface area contributed by atoms with Gasteiger partial charge in [0.25, 0.3) is 0 Å². The highest BCUT2D eigenvalue weighted by Crippen LogP contribution is 2.30. The summed E-state index contributed by atoms with van der Waals surface area (Å²) in [5.41, 5.74) is 7.93. The van der Waals surface area contributed by atoms with E-state index < -0.39 is 0 Å². The lowest BCUT2D eigenvalue weighted by molar-refractivity contribution is -0.125. The summed E-state index contributed by atoms with van der Waals surface area (Å²) in [6.45, 7) is 0.407. The molecule has 0 saturated heterocycles. The third-order valence-corrected chi connectivity index (χ3v) is 2.91. The quantitative estimate of drug-likeness (QED) is 0.853. The van der Waals surface area contributed by atoms with E-state index in [1.807, 2.05) is 18.2 Å². The molecule has 1 heterocycles. The van der Waals surface area contributed by atoms with E-state index in [1.54, 1.807) is 6.07 Å². The van der Waals surface area contributed by atoms with E-state index >= 15 is 0 Å². The summed E-state index contributed by atoms with van der Waals surface area (Å²) >= 11 is 0. The Labute approximate surface area is 105 Å². The lowest BCUT2D eigenvalue weighted by Crippen LogP contribution is -2.33. The second-order valence-electron chi connectivity index (χ2n) is 4.12. The number of imide groups is 1. The summed E-state index contributed by atoms with van der Waals surface area (Å²) in [5, 5.41) is 8.47. The van der Waals surface area contributed by atoms with Crippen molar-refractivity contribution in [2.75, 3.05) is 4.90 Å². The Morgan fingerprint density at radius 1 is 1.50 bits per heavy atom. The highest BCUT2D eigenvalue weighted by atomic mass is 16.2. The number of carbonyl (C=O) groups is 2. The first-order valence-corrected chi connectivity index (χ1v) is 5.72. The molecule has 1 aromatic carbocycles. The smallest absolute Gasteiger partial charge is 0.238 e. The SMILES string of the molecule is N#CCCC(=O)N1C(=O)Cc2cc(CN)ccc21. The molecule has 1 aromatic rings. The molecule has 1 aliphatic heterocycles. The zero-order valence-electron chi connectivity index (χ0n) is 9.85. The fraction of sp³-hybridized carbons (Fsp3) is 0.308. The number of hydrogen-bond acceptors (Lipinski definition) is 4. The van der Waals surface area contributed by atoms with Crippen molar-refractivity contribution in [3.8, 4) is 6.07 Å². The van der Waals surface area contributed by atoms with Crippen LogP contribution < -0.4 is 10.6 Å². The minimum atomic E-state index is -0.319. The average molecular weight is 243 g/mol. The van der Waals surface area contributed by atoms with Gasteiger partial charge < -0.3 is 5.73 Å². The van der Waals surface area contributed by atoms with Crippen LogP contribution in [0.2, 0.25) is 0 Å². The van der Waals surface area contributed by atoms with E-state index in [9.17, 15) is 9.59 Å². The van der Waals surface area contributed by atoms with Crippen LogP contribution in [0.1, 0.15) is 24.0 Å². The fourth-order valence-corrected chi connectivity index (χ4v) is 2.05. The highest BCUT2D eigenvalue weighted by molar-refractivity contribution is 6.19. The highest BCUT2D eigenvalue weighted by Gasteiger charge is 2.31. The molecular weight excluding hydrogens is 230 g/mol. The van der Waals surface area contributed by atoms with Crippen molar-refractivity contribution in [3.05, 3.63) is 29.3 Å². The Kier molecular flexibility index (Phi) is 3.40. The topological polar surface area (TPSA) is 87.2 Å². The van der Waals surface area contributed by atoms with Crippen molar-refractivity contribution < 1.29 is 9.59 Å². The van der Waals surface area contributed by atoms with Gasteiger partial charge >= 0.3 is 0 Å². The lowest BCUT2D eigenvalue weighted by atomic mass is 10.1. The number of fused-ring (bicyclic) bond motifs is 1. The summed E-state index contributed by atoms with van der Waals surface area (Å²) in [4.78, 5) is 24.9. The van der Waals surface area contributed by atoms with Gasteiger partial charge in [0.2, 0.25) is 11.8 Å². The molecule has 0 aliphatic carbocycles. The van der Waals surface area contributed by atoms with Crippen molar-refractivity contribution in [2.45, 2.75) is 25.8 Å². The zero-order valence-corrected chi connectivity index (χ0v) is 9.85. The van der Waals surface area contributed by atoms with Gasteiger partial charge in [-0.05, 0) is 17.2 Å². The molecule has 0 aromatic heterocycles. The number of carbonyl (C=O) groups excluding carboxylic acids is 2. The van der Waals surface area contributed by atoms with Crippen molar-refractivity contribution in [3.63, 3.8) is 0 Å². The van der Waals surface area contributed by atoms with E-state index in [0.29, 0.717) is 12.2 Å². The summed E-state index contributed by atoms with van der Waals surface area (Å²) in [6.07, 6.45) is 0.417. The van der Waals surface area contributed by atoms with Gasteiger partial charge in [-0.15, -0.1) is 0 Å². The van der Waals surface area contributed by atoms with Crippen LogP contribution in [0.15, 0.2) is 18.2 Å². The van der Waals surface area contributed by atoms with Gasteiger partial charge in [-0.2, -0.15) is 5.26 Å². The average Bonchev–Trinajstić information content (AvgIpc) is 2.70. The number of anilines is 1. The van der Waals surface area contributed by atoms with Crippen molar-refractivity contribution in [1.82, 2.24) is 0 Å². The van der Waals surface area contributed by atoms with Gasteiger partial charge in [0.05, 0.1) is 18.2 Å². The molecule has 1 aliphatic rings. The molecule has 5 nitrogen and oxygen atoms in total. The van der Waals surface area contributed by atoms with Gasteiger partial charge in [-0.3, -0.25) is 9.59 Å². The monoisotopic (exact) mass is 243 g/mol. The number of benzene rings is 1. The Bertz CT molecular complexity index is 546. The van der Waals surface area contributed by atoms with Gasteiger partial charge in [-0.1, -0.05) is 12.1 Å². The number of nitrogens with zero attached hydrogens (tertiary/aromatic N) is 2. The first kappa shape index (κ1) is 12.3. The summed E-state index contributed by atoms with van der Waals surface area (Å²) in [5.74, 6) is -0.553. The van der Waals surface area contributed by atoms with E-state index in [2.05, 4.69) is 0 Å². The third-order valence-electron chi connectivity index (χ3n) is 2.91. The van der Waals surface area contributed by atoms with Crippen LogP contribution in [0, 0.1) is 11.3 Å². The van der Waals surface area contributed by atoms with Crippen LogP contribution in [0.25, 0.3) is 0 Å². The van der Waals surface area contributed by atoms with Crippen LogP contribution >= 0.6 is 0 Å². The van der Waals surface area contributed by atoms with Gasteiger partial charge in [-0.25, -0.2) is 4.90 Å². The minimum Gasteiger partial charge on any atom is -0.326 e. The van der Waals surface area contributed by atoms with Crippen molar-refractivity contribution in [1.29, 1.82) is 5.26 Å². The van der Waals surface area contributed by atoms with Crippen LogP contribution in [-0.2, 0) is 22.6 Å². The molecule has 2 rings (SSSR count). The number of hydrogen-bond donors (Lipinski definition) is 1. The molecule has 0 spiro atoms. The number of rotatable bonds is 3. The van der Waals surface area contributed by atoms with Crippen LogP contribution in [0.5, 0.6) is 0 Å². The standard InChI is InChI=1S/C13H13N3O2/c14-5-1-2-12(17)16-11-4-3-9(8-15)6-10(11)7-13(16)18/h3-4,6H,1-2,7-8,15H2. The van der Waals surface area contributed by atoms with E-state index in [1.165, 1.54) is 4.90 Å². The molecular formula is C13H13N3O2. The summed E-state index contributed by atoms with van der Waals surface area (Å²) in [6, 6.07) is 7.31. The number of amides is 2. The molecule has 0 unspecified atom stereocenters. The van der Waals surface area contributed by atoms with Gasteiger partial charge in [0.1, 0.15) is 0 Å². The summed E-state index contributed by atoms with van der Waals surface area (Å²) < 4.78 is 0. The largest absolute Gasteiger partial charge is 0.326 e. The molecule has 0 fully saturated rings.